The van der Waals surface area contributed by atoms with Crippen LogP contribution in [0.25, 0.3) is 0 Å². The Labute approximate surface area is 172 Å². The van der Waals surface area contributed by atoms with Gasteiger partial charge < -0.3 is 10.2 Å². The molecule has 6 nitrogen and oxygen atoms in total. The topological polar surface area (TPSA) is 65.5 Å². The molecule has 0 unspecified atom stereocenters. The lowest BCUT2D eigenvalue weighted by Gasteiger charge is -2.27. The molecule has 0 saturated carbocycles. The lowest BCUT2D eigenvalue weighted by atomic mass is 10.1. The number of carbonyl (C=O) groups is 2. The summed E-state index contributed by atoms with van der Waals surface area (Å²) in [6.07, 6.45) is 3.96. The highest BCUT2D eigenvalue weighted by molar-refractivity contribution is 6.09. The molecule has 1 N–H and O–H groups in total. The summed E-state index contributed by atoms with van der Waals surface area (Å²) in [5.41, 5.74) is 1.77. The Morgan fingerprint density at radius 3 is 2.38 bits per heavy atom. The van der Waals surface area contributed by atoms with Gasteiger partial charge in [-0.1, -0.05) is 18.2 Å². The largest absolute Gasteiger partial charge is 0.357 e. The zero-order valence-electron chi connectivity index (χ0n) is 17.7. The second kappa shape index (κ2) is 8.64. The zero-order valence-corrected chi connectivity index (χ0v) is 17.7. The minimum Gasteiger partial charge on any atom is -0.357 e. The van der Waals surface area contributed by atoms with Gasteiger partial charge in [-0.25, -0.2) is 4.98 Å². The first-order valence-electron chi connectivity index (χ1n) is 10.1. The Morgan fingerprint density at radius 2 is 1.79 bits per heavy atom. The average molecular weight is 395 g/mol. The van der Waals surface area contributed by atoms with E-state index in [0.29, 0.717) is 5.56 Å². The maximum atomic E-state index is 13.3. The monoisotopic (exact) mass is 394 g/mol. The molecule has 0 radical (unpaired) electrons. The summed E-state index contributed by atoms with van der Waals surface area (Å²) in [6.45, 7) is 9.66. The van der Waals surface area contributed by atoms with Gasteiger partial charge in [0.1, 0.15) is 12.4 Å². The minimum absolute atomic E-state index is 0.0468. The van der Waals surface area contributed by atoms with Crippen LogP contribution in [-0.4, -0.2) is 42.0 Å². The van der Waals surface area contributed by atoms with E-state index in [-0.39, 0.29) is 23.9 Å². The molecule has 2 amide bonds. The quantitative estimate of drug-likeness (QED) is 0.842. The van der Waals surface area contributed by atoms with Crippen molar-refractivity contribution < 1.29 is 9.59 Å². The number of aromatic nitrogens is 1. The van der Waals surface area contributed by atoms with Gasteiger partial charge in [-0.3, -0.25) is 14.5 Å². The molecular weight excluding hydrogens is 364 g/mol. The van der Waals surface area contributed by atoms with Gasteiger partial charge in [0.2, 0.25) is 5.91 Å². The standard InChI is InChI=1S/C23H30N4O2/c1-17-9-5-6-10-19(17)27(16-21(28)25-23(2,3)4)22(29)18-11-12-20(24-15-18)26-13-7-8-14-26/h5-6,9-12,15H,7-8,13-14,16H2,1-4H3,(H,25,28). The summed E-state index contributed by atoms with van der Waals surface area (Å²) in [6, 6.07) is 11.3. The number of aryl methyl sites for hydroxylation is 1. The molecule has 1 aromatic heterocycles. The Kier molecular flexibility index (Phi) is 6.20. The lowest BCUT2D eigenvalue weighted by molar-refractivity contribution is -0.121. The van der Waals surface area contributed by atoms with Crippen LogP contribution in [0.4, 0.5) is 11.5 Å². The van der Waals surface area contributed by atoms with Gasteiger partial charge in [-0.2, -0.15) is 0 Å². The van der Waals surface area contributed by atoms with Crippen LogP contribution in [0.15, 0.2) is 42.6 Å². The SMILES string of the molecule is Cc1ccccc1N(CC(=O)NC(C)(C)C)C(=O)c1ccc(N2CCCC2)nc1. The molecule has 29 heavy (non-hydrogen) atoms. The fourth-order valence-corrected chi connectivity index (χ4v) is 3.54. The van der Waals surface area contributed by atoms with Crippen molar-refractivity contribution >= 4 is 23.3 Å². The Balaban J connectivity index is 1.85. The van der Waals surface area contributed by atoms with Crippen LogP contribution < -0.4 is 15.1 Å². The number of amides is 2. The van der Waals surface area contributed by atoms with E-state index in [2.05, 4.69) is 15.2 Å². The fourth-order valence-electron chi connectivity index (χ4n) is 3.54. The summed E-state index contributed by atoms with van der Waals surface area (Å²) < 4.78 is 0. The van der Waals surface area contributed by atoms with Gasteiger partial charge in [0.05, 0.1) is 5.56 Å². The van der Waals surface area contributed by atoms with Gasteiger partial charge in [-0.05, 0) is 64.3 Å². The Hall–Kier alpha value is -2.89. The third-order valence-corrected chi connectivity index (χ3v) is 4.89. The highest BCUT2D eigenvalue weighted by Crippen LogP contribution is 2.23. The van der Waals surface area contributed by atoms with Gasteiger partial charge in [0, 0.05) is 30.5 Å². The van der Waals surface area contributed by atoms with Crippen LogP contribution >= 0.6 is 0 Å². The zero-order chi connectivity index (χ0) is 21.0. The maximum Gasteiger partial charge on any atom is 0.260 e. The van der Waals surface area contributed by atoms with E-state index in [1.165, 1.54) is 17.7 Å². The third-order valence-electron chi connectivity index (χ3n) is 4.89. The van der Waals surface area contributed by atoms with Gasteiger partial charge in [-0.15, -0.1) is 0 Å². The van der Waals surface area contributed by atoms with E-state index in [9.17, 15) is 9.59 Å². The summed E-state index contributed by atoms with van der Waals surface area (Å²) >= 11 is 0. The number of hydrogen-bond acceptors (Lipinski definition) is 4. The average Bonchev–Trinajstić information content (AvgIpc) is 3.20. The molecule has 2 aromatic rings. The number of para-hydroxylation sites is 1. The summed E-state index contributed by atoms with van der Waals surface area (Å²) in [7, 11) is 0. The van der Waals surface area contributed by atoms with Gasteiger partial charge >= 0.3 is 0 Å². The van der Waals surface area contributed by atoms with E-state index in [0.717, 1.165) is 30.2 Å². The molecule has 1 aliphatic heterocycles. The molecule has 6 heteroatoms. The molecule has 1 aromatic carbocycles. The van der Waals surface area contributed by atoms with Crippen LogP contribution in [0.2, 0.25) is 0 Å². The number of hydrogen-bond donors (Lipinski definition) is 1. The van der Waals surface area contributed by atoms with Crippen molar-refractivity contribution in [2.24, 2.45) is 0 Å². The first-order chi connectivity index (χ1) is 13.7. The van der Waals surface area contributed by atoms with E-state index >= 15 is 0 Å². The molecule has 1 saturated heterocycles. The van der Waals surface area contributed by atoms with E-state index in [1.54, 1.807) is 12.3 Å². The molecule has 1 fully saturated rings. The van der Waals surface area contributed by atoms with Crippen molar-refractivity contribution in [3.8, 4) is 0 Å². The first-order valence-corrected chi connectivity index (χ1v) is 10.1. The second-order valence-corrected chi connectivity index (χ2v) is 8.58. The molecule has 2 heterocycles. The molecule has 1 aliphatic rings. The summed E-state index contributed by atoms with van der Waals surface area (Å²) in [5.74, 6) is 0.464. The van der Waals surface area contributed by atoms with Crippen molar-refractivity contribution in [3.63, 3.8) is 0 Å². The molecule has 3 rings (SSSR count). The van der Waals surface area contributed by atoms with Crippen LogP contribution in [0.3, 0.4) is 0 Å². The van der Waals surface area contributed by atoms with Crippen molar-refractivity contribution in [2.75, 3.05) is 29.4 Å². The van der Waals surface area contributed by atoms with Crippen molar-refractivity contribution in [3.05, 3.63) is 53.7 Å². The van der Waals surface area contributed by atoms with Gasteiger partial charge in [0.25, 0.3) is 5.91 Å². The second-order valence-electron chi connectivity index (χ2n) is 8.58. The van der Waals surface area contributed by atoms with E-state index in [4.69, 9.17) is 0 Å². The number of carbonyl (C=O) groups excluding carboxylic acids is 2. The fraction of sp³-hybridized carbons (Fsp3) is 0.435. The molecule has 0 atom stereocenters. The molecule has 0 aliphatic carbocycles. The predicted octanol–water partition coefficient (Wildman–Crippen LogP) is 3.55. The van der Waals surface area contributed by atoms with Crippen LogP contribution in [0, 0.1) is 6.92 Å². The van der Waals surface area contributed by atoms with Crippen LogP contribution in [0.5, 0.6) is 0 Å². The highest BCUT2D eigenvalue weighted by Gasteiger charge is 2.24. The maximum absolute atomic E-state index is 13.3. The van der Waals surface area contributed by atoms with Crippen LogP contribution in [0.1, 0.15) is 49.5 Å². The summed E-state index contributed by atoms with van der Waals surface area (Å²) in [5, 5.41) is 2.94. The molecular formula is C23H30N4O2. The number of nitrogens with zero attached hydrogens (tertiary/aromatic N) is 3. The Morgan fingerprint density at radius 1 is 1.10 bits per heavy atom. The highest BCUT2D eigenvalue weighted by atomic mass is 16.2. The van der Waals surface area contributed by atoms with E-state index < -0.39 is 0 Å². The molecule has 0 bridgehead atoms. The van der Waals surface area contributed by atoms with Crippen molar-refractivity contribution in [2.45, 2.75) is 46.1 Å². The number of anilines is 2. The summed E-state index contributed by atoms with van der Waals surface area (Å²) in [4.78, 5) is 34.2. The molecule has 154 valence electrons. The third kappa shape index (κ3) is 5.34. The molecule has 0 spiro atoms. The number of benzene rings is 1. The Bertz CT molecular complexity index is 865. The number of pyridine rings is 1. The smallest absolute Gasteiger partial charge is 0.260 e. The van der Waals surface area contributed by atoms with Crippen molar-refractivity contribution in [1.29, 1.82) is 0 Å². The number of rotatable bonds is 5. The minimum atomic E-state index is -0.365. The lowest BCUT2D eigenvalue weighted by Crippen LogP contribution is -2.47. The van der Waals surface area contributed by atoms with E-state index in [1.807, 2.05) is 58.0 Å². The normalized spacial score (nSPS) is 14.0. The van der Waals surface area contributed by atoms with Crippen LogP contribution in [-0.2, 0) is 4.79 Å². The first kappa shape index (κ1) is 20.8. The van der Waals surface area contributed by atoms with Gasteiger partial charge in [0.15, 0.2) is 0 Å². The van der Waals surface area contributed by atoms with Crippen molar-refractivity contribution in [1.82, 2.24) is 10.3 Å². The number of nitrogens with one attached hydrogen (secondary N) is 1. The predicted molar refractivity (Wildman–Crippen MR) is 116 cm³/mol.